The average Bonchev–Trinajstić information content (AvgIpc) is 2.66. The van der Waals surface area contributed by atoms with Crippen LogP contribution in [0.5, 0.6) is 5.75 Å². The number of carboxylic acid groups (broad SMARTS) is 1. The van der Waals surface area contributed by atoms with Crippen LogP contribution in [0.25, 0.3) is 0 Å². The van der Waals surface area contributed by atoms with E-state index in [0.717, 1.165) is 5.56 Å². The summed E-state index contributed by atoms with van der Waals surface area (Å²) in [5, 5.41) is 18.3. The van der Waals surface area contributed by atoms with Crippen molar-refractivity contribution in [2.75, 3.05) is 13.7 Å². The molecule has 0 aliphatic carbocycles. The zero-order valence-corrected chi connectivity index (χ0v) is 15.0. The van der Waals surface area contributed by atoms with Crippen molar-refractivity contribution >= 4 is 15.9 Å². The molecule has 0 aromatic heterocycles. The van der Waals surface area contributed by atoms with E-state index >= 15 is 0 Å². The molecule has 2 aromatic rings. The van der Waals surface area contributed by atoms with Crippen molar-refractivity contribution in [2.24, 2.45) is 0 Å². The minimum atomic E-state index is -3.85. The first-order chi connectivity index (χ1) is 12.4. The Hall–Kier alpha value is -2.58. The van der Waals surface area contributed by atoms with Gasteiger partial charge in [0.05, 0.1) is 18.6 Å². The number of hydrogen-bond acceptors (Lipinski definition) is 5. The molecule has 2 aromatic carbocycles. The first kappa shape index (κ1) is 18.2. The topological polar surface area (TPSA) is 104 Å². The fraction of sp³-hybridized carbons (Fsp3) is 0.278. The third-order valence-electron chi connectivity index (χ3n) is 4.47. The van der Waals surface area contributed by atoms with Gasteiger partial charge in [0.1, 0.15) is 10.6 Å². The van der Waals surface area contributed by atoms with Gasteiger partial charge < -0.3 is 19.8 Å². The lowest BCUT2D eigenvalue weighted by atomic mass is 10.00. The Kier molecular flexibility index (Phi) is 4.88. The maximum atomic E-state index is 13.0. The molecule has 1 heterocycles. The van der Waals surface area contributed by atoms with E-state index in [4.69, 9.17) is 9.84 Å². The van der Waals surface area contributed by atoms with Crippen LogP contribution in [0.4, 0.5) is 4.79 Å². The van der Waals surface area contributed by atoms with Gasteiger partial charge in [-0.2, -0.15) is 0 Å². The number of nitrogens with zero attached hydrogens (tertiary/aromatic N) is 1. The van der Waals surface area contributed by atoms with Crippen molar-refractivity contribution in [3.8, 4) is 5.75 Å². The molecule has 138 valence electrons. The van der Waals surface area contributed by atoms with Gasteiger partial charge in [-0.15, -0.1) is 0 Å². The van der Waals surface area contributed by atoms with E-state index in [-0.39, 0.29) is 28.7 Å². The zero-order valence-electron chi connectivity index (χ0n) is 14.2. The normalized spacial score (nSPS) is 14.0. The summed E-state index contributed by atoms with van der Waals surface area (Å²) in [6.45, 7) is 0.328. The third-order valence-corrected chi connectivity index (χ3v) is 6.27. The van der Waals surface area contributed by atoms with Crippen molar-refractivity contribution in [1.82, 2.24) is 4.90 Å². The Labute approximate surface area is 151 Å². The van der Waals surface area contributed by atoms with Gasteiger partial charge in [0.25, 0.3) is 0 Å². The molecule has 0 unspecified atom stereocenters. The highest BCUT2D eigenvalue weighted by molar-refractivity contribution is 7.91. The number of carbonyl (C=O) groups is 1. The molecule has 3 rings (SSSR count). The number of methoxy groups -OCH3 is 1. The van der Waals surface area contributed by atoms with Gasteiger partial charge in [-0.05, 0) is 47.4 Å². The van der Waals surface area contributed by atoms with Crippen molar-refractivity contribution in [2.45, 2.75) is 29.4 Å². The quantitative estimate of drug-likeness (QED) is 0.845. The molecule has 26 heavy (non-hydrogen) atoms. The molecule has 7 nitrogen and oxygen atoms in total. The minimum Gasteiger partial charge on any atom is -0.495 e. The molecule has 1 aliphatic heterocycles. The van der Waals surface area contributed by atoms with Gasteiger partial charge in [-0.25, -0.2) is 13.2 Å². The van der Waals surface area contributed by atoms with E-state index < -0.39 is 15.9 Å². The van der Waals surface area contributed by atoms with Crippen LogP contribution in [0.3, 0.4) is 0 Å². The SMILES string of the molecule is COc1cc2c(cc1S(=O)(=O)c1ccc(CO)cc1)CN(C(=O)O)CC2. The Bertz CT molecular complexity index is 937. The average molecular weight is 377 g/mol. The number of benzene rings is 2. The summed E-state index contributed by atoms with van der Waals surface area (Å²) >= 11 is 0. The van der Waals surface area contributed by atoms with E-state index in [0.29, 0.717) is 24.1 Å². The fourth-order valence-electron chi connectivity index (χ4n) is 3.00. The monoisotopic (exact) mass is 377 g/mol. The van der Waals surface area contributed by atoms with E-state index in [1.165, 1.54) is 30.2 Å². The molecule has 1 amide bonds. The summed E-state index contributed by atoms with van der Waals surface area (Å²) in [6.07, 6.45) is -0.528. The highest BCUT2D eigenvalue weighted by atomic mass is 32.2. The smallest absolute Gasteiger partial charge is 0.407 e. The Morgan fingerprint density at radius 3 is 2.46 bits per heavy atom. The molecule has 8 heteroatoms. The molecule has 0 atom stereocenters. The van der Waals surface area contributed by atoms with Gasteiger partial charge in [0, 0.05) is 13.1 Å². The molecule has 0 bridgehead atoms. The van der Waals surface area contributed by atoms with Crippen LogP contribution in [-0.2, 0) is 29.4 Å². The molecular weight excluding hydrogens is 358 g/mol. The van der Waals surface area contributed by atoms with Crippen molar-refractivity contribution in [3.05, 3.63) is 53.1 Å². The summed E-state index contributed by atoms with van der Waals surface area (Å²) in [5.41, 5.74) is 2.15. The Morgan fingerprint density at radius 1 is 1.19 bits per heavy atom. The maximum Gasteiger partial charge on any atom is 0.407 e. The summed E-state index contributed by atoms with van der Waals surface area (Å²) in [7, 11) is -2.45. The van der Waals surface area contributed by atoms with Gasteiger partial charge in [-0.3, -0.25) is 0 Å². The summed E-state index contributed by atoms with van der Waals surface area (Å²) in [4.78, 5) is 12.5. The molecule has 0 fully saturated rings. The van der Waals surface area contributed by atoms with E-state index in [1.807, 2.05) is 0 Å². The number of rotatable bonds is 4. The highest BCUT2D eigenvalue weighted by Gasteiger charge is 2.27. The molecule has 1 aliphatic rings. The fourth-order valence-corrected chi connectivity index (χ4v) is 4.45. The number of aliphatic hydroxyl groups excluding tert-OH is 1. The lowest BCUT2D eigenvalue weighted by Gasteiger charge is -2.27. The Morgan fingerprint density at radius 2 is 1.88 bits per heavy atom. The van der Waals surface area contributed by atoms with Crippen LogP contribution in [-0.4, -0.2) is 43.3 Å². The van der Waals surface area contributed by atoms with E-state index in [2.05, 4.69) is 0 Å². The van der Waals surface area contributed by atoms with Crippen LogP contribution < -0.4 is 4.74 Å². The second-order valence-corrected chi connectivity index (χ2v) is 7.95. The van der Waals surface area contributed by atoms with E-state index in [1.54, 1.807) is 18.2 Å². The second-order valence-electron chi connectivity index (χ2n) is 6.03. The van der Waals surface area contributed by atoms with Crippen LogP contribution in [0.15, 0.2) is 46.2 Å². The van der Waals surface area contributed by atoms with Crippen LogP contribution in [0.2, 0.25) is 0 Å². The van der Waals surface area contributed by atoms with Crippen LogP contribution >= 0.6 is 0 Å². The second kappa shape index (κ2) is 6.97. The highest BCUT2D eigenvalue weighted by Crippen LogP contribution is 2.34. The predicted molar refractivity (Wildman–Crippen MR) is 92.9 cm³/mol. The van der Waals surface area contributed by atoms with E-state index in [9.17, 15) is 18.3 Å². The summed E-state index contributed by atoms with van der Waals surface area (Å²) in [6, 6.07) is 9.13. The molecule has 0 saturated heterocycles. The van der Waals surface area contributed by atoms with Crippen LogP contribution in [0.1, 0.15) is 16.7 Å². The molecule has 2 N–H and O–H groups in total. The van der Waals surface area contributed by atoms with Gasteiger partial charge in [-0.1, -0.05) is 12.1 Å². The minimum absolute atomic E-state index is 0.00253. The van der Waals surface area contributed by atoms with Crippen LogP contribution in [0, 0.1) is 0 Å². The number of sulfone groups is 1. The molecule has 0 saturated carbocycles. The number of amides is 1. The lowest BCUT2D eigenvalue weighted by molar-refractivity contribution is 0.140. The first-order valence-electron chi connectivity index (χ1n) is 7.99. The summed E-state index contributed by atoms with van der Waals surface area (Å²) in [5.74, 6) is 0.235. The molecule has 0 spiro atoms. The van der Waals surface area contributed by atoms with Gasteiger partial charge >= 0.3 is 6.09 Å². The number of ether oxygens (including phenoxy) is 1. The largest absolute Gasteiger partial charge is 0.495 e. The number of hydrogen-bond donors (Lipinski definition) is 2. The van der Waals surface area contributed by atoms with Crippen molar-refractivity contribution < 1.29 is 28.2 Å². The third kappa shape index (κ3) is 3.25. The summed E-state index contributed by atoms with van der Waals surface area (Å²) < 4.78 is 31.4. The molecular formula is C18H19NO6S. The number of fused-ring (bicyclic) bond motifs is 1. The maximum absolute atomic E-state index is 13.0. The Balaban J connectivity index is 2.08. The standard InChI is InChI=1S/C18H19NO6S/c1-25-16-8-13-6-7-19(18(21)22)10-14(13)9-17(16)26(23,24)15-4-2-12(11-20)3-5-15/h2-5,8-9,20H,6-7,10-11H2,1H3,(H,21,22). The molecule has 0 radical (unpaired) electrons. The number of aliphatic hydroxyl groups is 1. The zero-order chi connectivity index (χ0) is 18.9. The van der Waals surface area contributed by atoms with Crippen molar-refractivity contribution in [1.29, 1.82) is 0 Å². The van der Waals surface area contributed by atoms with Gasteiger partial charge in [0.2, 0.25) is 9.84 Å². The predicted octanol–water partition coefficient (Wildman–Crippen LogP) is 2.06. The van der Waals surface area contributed by atoms with Gasteiger partial charge in [0.15, 0.2) is 0 Å². The lowest BCUT2D eigenvalue weighted by Crippen LogP contribution is -2.34. The van der Waals surface area contributed by atoms with Crippen molar-refractivity contribution in [3.63, 3.8) is 0 Å². The first-order valence-corrected chi connectivity index (χ1v) is 9.47.